The topological polar surface area (TPSA) is 26.3 Å². The fourth-order valence-corrected chi connectivity index (χ4v) is 0.980. The minimum Gasteiger partial charge on any atom is -0.462 e. The molecule has 0 aromatic heterocycles. The Morgan fingerprint density at radius 3 is 2.78 bits per heavy atom. The summed E-state index contributed by atoms with van der Waals surface area (Å²) in [5, 5.41) is 0. The Bertz CT molecular complexity index is 140. The van der Waals surface area contributed by atoms with Gasteiger partial charge in [-0.25, -0.2) is 0 Å². The zero-order valence-corrected chi connectivity index (χ0v) is 5.46. The van der Waals surface area contributed by atoms with Gasteiger partial charge in [-0.05, 0) is 6.92 Å². The molecule has 0 spiro atoms. The van der Waals surface area contributed by atoms with Gasteiger partial charge in [0.25, 0.3) is 0 Å². The number of ether oxygens (including phenoxy) is 1. The lowest BCUT2D eigenvalue weighted by Crippen LogP contribution is -2.03. The van der Waals surface area contributed by atoms with Crippen molar-refractivity contribution < 1.29 is 9.53 Å². The van der Waals surface area contributed by atoms with Crippen LogP contribution in [0.25, 0.3) is 0 Å². The summed E-state index contributed by atoms with van der Waals surface area (Å²) in [6.45, 7) is 5.42. The molecule has 0 unspecified atom stereocenters. The summed E-state index contributed by atoms with van der Waals surface area (Å²) in [6, 6.07) is 0. The van der Waals surface area contributed by atoms with Gasteiger partial charge in [-0.1, -0.05) is 6.08 Å². The average Bonchev–Trinajstić information content (AvgIpc) is 2.10. The maximum absolute atomic E-state index is 10.7. The molecule has 1 saturated heterocycles. The van der Waals surface area contributed by atoms with Crippen LogP contribution in [-0.2, 0) is 9.53 Å². The van der Waals surface area contributed by atoms with Crippen LogP contribution >= 0.6 is 0 Å². The molecule has 0 radical (unpaired) electrons. The third-order valence-corrected chi connectivity index (χ3v) is 1.49. The van der Waals surface area contributed by atoms with E-state index in [1.54, 1.807) is 6.08 Å². The first-order valence-corrected chi connectivity index (χ1v) is 3.07. The molecule has 2 atom stereocenters. The zero-order chi connectivity index (χ0) is 6.85. The van der Waals surface area contributed by atoms with E-state index in [1.165, 1.54) is 0 Å². The predicted octanol–water partition coefficient (Wildman–Crippen LogP) is 1.12. The molecule has 1 rings (SSSR count). The van der Waals surface area contributed by atoms with E-state index < -0.39 is 0 Å². The summed E-state index contributed by atoms with van der Waals surface area (Å²) >= 11 is 0. The van der Waals surface area contributed by atoms with Gasteiger partial charge < -0.3 is 4.74 Å². The van der Waals surface area contributed by atoms with Gasteiger partial charge >= 0.3 is 5.97 Å². The summed E-state index contributed by atoms with van der Waals surface area (Å²) in [5.41, 5.74) is 0. The predicted molar refractivity (Wildman–Crippen MR) is 33.9 cm³/mol. The van der Waals surface area contributed by atoms with Crippen molar-refractivity contribution in [2.24, 2.45) is 5.92 Å². The lowest BCUT2D eigenvalue weighted by Gasteiger charge is -1.95. The number of rotatable bonds is 1. The van der Waals surface area contributed by atoms with Crippen molar-refractivity contribution in [1.82, 2.24) is 0 Å². The van der Waals surface area contributed by atoms with Gasteiger partial charge in [0, 0.05) is 6.42 Å². The minimum atomic E-state index is -0.127. The highest BCUT2D eigenvalue weighted by molar-refractivity contribution is 5.76. The molecule has 0 amide bonds. The molecular weight excluding hydrogens is 116 g/mol. The van der Waals surface area contributed by atoms with Crippen LogP contribution in [0.3, 0.4) is 0 Å². The van der Waals surface area contributed by atoms with E-state index in [0.29, 0.717) is 0 Å². The monoisotopic (exact) mass is 126 g/mol. The van der Waals surface area contributed by atoms with Gasteiger partial charge in [0.1, 0.15) is 6.10 Å². The van der Waals surface area contributed by atoms with E-state index in [9.17, 15) is 4.79 Å². The Kier molecular flexibility index (Phi) is 1.56. The maximum Gasteiger partial charge on any atom is 0.313 e. The van der Waals surface area contributed by atoms with Crippen molar-refractivity contribution in [1.29, 1.82) is 0 Å². The highest BCUT2D eigenvalue weighted by Gasteiger charge is 2.28. The first-order valence-electron chi connectivity index (χ1n) is 3.07. The molecule has 1 aliphatic rings. The number of cyclic esters (lactones) is 1. The van der Waals surface area contributed by atoms with Crippen LogP contribution in [0.1, 0.15) is 13.3 Å². The Morgan fingerprint density at radius 2 is 2.56 bits per heavy atom. The minimum absolute atomic E-state index is 0.0556. The first kappa shape index (κ1) is 6.33. The Balaban J connectivity index is 2.57. The van der Waals surface area contributed by atoms with Crippen LogP contribution in [0, 0.1) is 5.92 Å². The van der Waals surface area contributed by atoms with Crippen LogP contribution in [-0.4, -0.2) is 12.1 Å². The average molecular weight is 126 g/mol. The molecule has 1 aliphatic heterocycles. The van der Waals surface area contributed by atoms with E-state index in [4.69, 9.17) is 4.74 Å². The lowest BCUT2D eigenvalue weighted by molar-refractivity contribution is -0.142. The van der Waals surface area contributed by atoms with Crippen LogP contribution < -0.4 is 0 Å². The fraction of sp³-hybridized carbons (Fsp3) is 0.571. The van der Waals surface area contributed by atoms with Crippen molar-refractivity contribution in [2.45, 2.75) is 19.4 Å². The van der Waals surface area contributed by atoms with E-state index in [1.807, 2.05) is 6.92 Å². The Hall–Kier alpha value is -0.790. The molecule has 0 aromatic carbocycles. The lowest BCUT2D eigenvalue weighted by atomic mass is 10.1. The summed E-state index contributed by atoms with van der Waals surface area (Å²) in [4.78, 5) is 10.7. The third-order valence-electron chi connectivity index (χ3n) is 1.49. The second-order valence-corrected chi connectivity index (χ2v) is 2.33. The molecule has 0 N–H and O–H groups in total. The van der Waals surface area contributed by atoms with Crippen LogP contribution in [0.15, 0.2) is 12.7 Å². The number of hydrogen-bond donors (Lipinski definition) is 0. The molecule has 1 heterocycles. The van der Waals surface area contributed by atoms with Gasteiger partial charge in [0.05, 0.1) is 5.92 Å². The van der Waals surface area contributed by atoms with Crippen LogP contribution in [0.2, 0.25) is 0 Å². The number of hydrogen-bond acceptors (Lipinski definition) is 2. The molecule has 0 bridgehead atoms. The molecular formula is C7H10O2. The van der Waals surface area contributed by atoms with E-state index >= 15 is 0 Å². The quantitative estimate of drug-likeness (QED) is 0.389. The number of esters is 1. The third kappa shape index (κ3) is 1.12. The Labute approximate surface area is 54.5 Å². The van der Waals surface area contributed by atoms with E-state index in [0.717, 1.165) is 6.42 Å². The van der Waals surface area contributed by atoms with Crippen molar-refractivity contribution in [2.75, 3.05) is 0 Å². The van der Waals surface area contributed by atoms with E-state index in [2.05, 4.69) is 6.58 Å². The Morgan fingerprint density at radius 1 is 1.89 bits per heavy atom. The molecule has 0 aliphatic carbocycles. The van der Waals surface area contributed by atoms with Crippen molar-refractivity contribution in [3.05, 3.63) is 12.7 Å². The SMILES string of the molecule is C=C[C@H]1C[C@H](C)OC1=O. The zero-order valence-electron chi connectivity index (χ0n) is 5.46. The van der Waals surface area contributed by atoms with Gasteiger partial charge in [-0.2, -0.15) is 0 Å². The van der Waals surface area contributed by atoms with Crippen molar-refractivity contribution in [3.63, 3.8) is 0 Å². The molecule has 0 saturated carbocycles. The molecule has 0 aromatic rings. The van der Waals surface area contributed by atoms with Gasteiger partial charge in [0.2, 0.25) is 0 Å². The summed E-state index contributed by atoms with van der Waals surface area (Å²) < 4.78 is 4.85. The molecule has 1 fully saturated rings. The van der Waals surface area contributed by atoms with Gasteiger partial charge in [-0.15, -0.1) is 6.58 Å². The van der Waals surface area contributed by atoms with Crippen molar-refractivity contribution in [3.8, 4) is 0 Å². The molecule has 2 nitrogen and oxygen atoms in total. The highest BCUT2D eigenvalue weighted by Crippen LogP contribution is 2.20. The van der Waals surface area contributed by atoms with Crippen LogP contribution in [0.5, 0.6) is 0 Å². The molecule has 50 valence electrons. The fourth-order valence-electron chi connectivity index (χ4n) is 0.980. The summed E-state index contributed by atoms with van der Waals surface area (Å²) in [5.74, 6) is -0.183. The first-order chi connectivity index (χ1) is 4.24. The smallest absolute Gasteiger partial charge is 0.313 e. The number of carbonyl (C=O) groups is 1. The second kappa shape index (κ2) is 2.21. The van der Waals surface area contributed by atoms with Gasteiger partial charge in [0.15, 0.2) is 0 Å². The number of carbonyl (C=O) groups excluding carboxylic acids is 1. The molecule has 9 heavy (non-hydrogen) atoms. The van der Waals surface area contributed by atoms with Gasteiger partial charge in [-0.3, -0.25) is 4.79 Å². The highest BCUT2D eigenvalue weighted by atomic mass is 16.5. The summed E-state index contributed by atoms with van der Waals surface area (Å²) in [6.07, 6.45) is 2.52. The van der Waals surface area contributed by atoms with E-state index in [-0.39, 0.29) is 18.0 Å². The second-order valence-electron chi connectivity index (χ2n) is 2.33. The summed E-state index contributed by atoms with van der Waals surface area (Å²) in [7, 11) is 0. The molecule has 2 heteroatoms. The van der Waals surface area contributed by atoms with Crippen molar-refractivity contribution >= 4 is 5.97 Å². The normalized spacial score (nSPS) is 34.1. The largest absolute Gasteiger partial charge is 0.462 e. The van der Waals surface area contributed by atoms with Crippen LogP contribution in [0.4, 0.5) is 0 Å². The maximum atomic E-state index is 10.7. The standard InChI is InChI=1S/C7H10O2/c1-3-6-4-5(2)9-7(6)8/h3,5-6H,1,4H2,2H3/t5-,6-/m0/s1.